The molecule has 1 heterocycles. The molecule has 0 bridgehead atoms. The van der Waals surface area contributed by atoms with E-state index in [0.717, 1.165) is 12.1 Å². The summed E-state index contributed by atoms with van der Waals surface area (Å²) in [5.41, 5.74) is 1.86. The molecular formula is C17H22N2O2. The summed E-state index contributed by atoms with van der Waals surface area (Å²) in [4.78, 5) is 28.4. The average Bonchev–Trinajstić information content (AvgIpc) is 3.30. The summed E-state index contributed by atoms with van der Waals surface area (Å²) in [5, 5.41) is 0. The third-order valence-corrected chi connectivity index (χ3v) is 4.35. The van der Waals surface area contributed by atoms with Crippen molar-refractivity contribution in [3.8, 4) is 0 Å². The Labute approximate surface area is 125 Å². The number of hydrogen-bond donors (Lipinski definition) is 0. The largest absolute Gasteiger partial charge is 0.341 e. The van der Waals surface area contributed by atoms with Crippen molar-refractivity contribution in [3.05, 3.63) is 35.4 Å². The lowest BCUT2D eigenvalue weighted by Gasteiger charge is -2.22. The Kier molecular flexibility index (Phi) is 3.95. The number of benzene rings is 1. The first-order valence-corrected chi connectivity index (χ1v) is 7.77. The van der Waals surface area contributed by atoms with Crippen molar-refractivity contribution >= 4 is 11.8 Å². The van der Waals surface area contributed by atoms with Gasteiger partial charge in [0.1, 0.15) is 0 Å². The van der Waals surface area contributed by atoms with Crippen LogP contribution in [0.15, 0.2) is 24.3 Å². The highest BCUT2D eigenvalue weighted by Crippen LogP contribution is 2.30. The highest BCUT2D eigenvalue weighted by atomic mass is 16.2. The Bertz CT molecular complexity index is 534. The number of carbonyl (C=O) groups is 2. The van der Waals surface area contributed by atoms with Gasteiger partial charge in [-0.15, -0.1) is 0 Å². The molecule has 0 aromatic heterocycles. The molecular weight excluding hydrogens is 264 g/mol. The molecule has 1 aliphatic heterocycles. The van der Waals surface area contributed by atoms with Gasteiger partial charge >= 0.3 is 0 Å². The Morgan fingerprint density at radius 3 is 2.52 bits per heavy atom. The maximum Gasteiger partial charge on any atom is 0.253 e. The molecule has 1 aromatic carbocycles. The van der Waals surface area contributed by atoms with E-state index in [2.05, 4.69) is 0 Å². The van der Waals surface area contributed by atoms with Crippen molar-refractivity contribution in [2.45, 2.75) is 26.2 Å². The first-order chi connectivity index (χ1) is 10.1. The Morgan fingerprint density at radius 2 is 1.86 bits per heavy atom. The van der Waals surface area contributed by atoms with Gasteiger partial charge in [-0.1, -0.05) is 17.7 Å². The van der Waals surface area contributed by atoms with E-state index in [-0.39, 0.29) is 11.8 Å². The molecule has 21 heavy (non-hydrogen) atoms. The van der Waals surface area contributed by atoms with Gasteiger partial charge in [-0.3, -0.25) is 9.59 Å². The molecule has 4 nitrogen and oxygen atoms in total. The summed E-state index contributed by atoms with van der Waals surface area (Å²) in [7, 11) is 0. The van der Waals surface area contributed by atoms with Gasteiger partial charge in [-0.05, 0) is 37.8 Å². The quantitative estimate of drug-likeness (QED) is 0.853. The van der Waals surface area contributed by atoms with Gasteiger partial charge in [-0.2, -0.15) is 0 Å². The first kappa shape index (κ1) is 14.1. The fourth-order valence-corrected chi connectivity index (χ4v) is 2.75. The molecule has 2 amide bonds. The molecule has 1 aromatic rings. The van der Waals surface area contributed by atoms with Crippen LogP contribution in [-0.4, -0.2) is 47.8 Å². The maximum atomic E-state index is 12.5. The second kappa shape index (κ2) is 5.88. The van der Waals surface area contributed by atoms with Crippen molar-refractivity contribution < 1.29 is 9.59 Å². The third kappa shape index (κ3) is 3.43. The summed E-state index contributed by atoms with van der Waals surface area (Å²) < 4.78 is 0. The number of carbonyl (C=O) groups excluding carboxylic acids is 2. The standard InChI is InChI=1S/C17H22N2O2/c1-13-2-6-15(7-3-13)17(21)18-9-8-16(20)19(11-10-18)12-14-4-5-14/h2-3,6-7,14H,4-5,8-12H2,1H3. The molecule has 1 saturated heterocycles. The van der Waals surface area contributed by atoms with Crippen molar-refractivity contribution in [3.63, 3.8) is 0 Å². The normalized spacial score (nSPS) is 19.6. The summed E-state index contributed by atoms with van der Waals surface area (Å²) >= 11 is 0. The van der Waals surface area contributed by atoms with Gasteiger partial charge in [0.15, 0.2) is 0 Å². The van der Waals surface area contributed by atoms with E-state index >= 15 is 0 Å². The minimum atomic E-state index is 0.0380. The molecule has 1 saturated carbocycles. The lowest BCUT2D eigenvalue weighted by atomic mass is 10.1. The summed E-state index contributed by atoms with van der Waals surface area (Å²) in [6, 6.07) is 7.64. The molecule has 3 rings (SSSR count). The van der Waals surface area contributed by atoms with Crippen LogP contribution in [0.5, 0.6) is 0 Å². The summed E-state index contributed by atoms with van der Waals surface area (Å²) in [6.45, 7) is 4.74. The average molecular weight is 286 g/mol. The van der Waals surface area contributed by atoms with Crippen LogP contribution in [0.1, 0.15) is 35.2 Å². The zero-order valence-electron chi connectivity index (χ0n) is 12.5. The second-order valence-corrected chi connectivity index (χ2v) is 6.19. The predicted octanol–water partition coefficient (Wildman–Crippen LogP) is 2.08. The molecule has 4 heteroatoms. The van der Waals surface area contributed by atoms with Crippen molar-refractivity contribution in [1.82, 2.24) is 9.80 Å². The van der Waals surface area contributed by atoms with Crippen LogP contribution in [0.25, 0.3) is 0 Å². The molecule has 2 fully saturated rings. The van der Waals surface area contributed by atoms with Crippen LogP contribution in [0, 0.1) is 12.8 Å². The molecule has 0 spiro atoms. The van der Waals surface area contributed by atoms with Crippen LogP contribution < -0.4 is 0 Å². The van der Waals surface area contributed by atoms with E-state index in [4.69, 9.17) is 0 Å². The number of aryl methyl sites for hydroxylation is 1. The molecule has 1 aliphatic carbocycles. The van der Waals surface area contributed by atoms with E-state index < -0.39 is 0 Å². The van der Waals surface area contributed by atoms with Gasteiger partial charge in [0, 0.05) is 38.2 Å². The second-order valence-electron chi connectivity index (χ2n) is 6.19. The van der Waals surface area contributed by atoms with Crippen LogP contribution in [0.2, 0.25) is 0 Å². The highest BCUT2D eigenvalue weighted by Gasteiger charge is 2.29. The van der Waals surface area contributed by atoms with E-state index in [1.54, 1.807) is 0 Å². The highest BCUT2D eigenvalue weighted by molar-refractivity contribution is 5.94. The van der Waals surface area contributed by atoms with Crippen molar-refractivity contribution in [1.29, 1.82) is 0 Å². The Hall–Kier alpha value is -1.84. The van der Waals surface area contributed by atoms with E-state index in [1.807, 2.05) is 41.0 Å². The fourth-order valence-electron chi connectivity index (χ4n) is 2.75. The lowest BCUT2D eigenvalue weighted by molar-refractivity contribution is -0.130. The minimum Gasteiger partial charge on any atom is -0.341 e. The smallest absolute Gasteiger partial charge is 0.253 e. The van der Waals surface area contributed by atoms with Crippen LogP contribution in [0.4, 0.5) is 0 Å². The van der Waals surface area contributed by atoms with Gasteiger partial charge in [0.2, 0.25) is 5.91 Å². The van der Waals surface area contributed by atoms with Crippen molar-refractivity contribution in [2.75, 3.05) is 26.2 Å². The topological polar surface area (TPSA) is 40.6 Å². The minimum absolute atomic E-state index is 0.0380. The molecule has 0 radical (unpaired) electrons. The van der Waals surface area contributed by atoms with Gasteiger partial charge in [0.05, 0.1) is 0 Å². The molecule has 0 unspecified atom stereocenters. The van der Waals surface area contributed by atoms with Crippen molar-refractivity contribution in [2.24, 2.45) is 5.92 Å². The van der Waals surface area contributed by atoms with Crippen LogP contribution >= 0.6 is 0 Å². The summed E-state index contributed by atoms with van der Waals surface area (Å²) in [6.07, 6.45) is 2.94. The predicted molar refractivity (Wildman–Crippen MR) is 81.0 cm³/mol. The number of amides is 2. The Morgan fingerprint density at radius 1 is 1.14 bits per heavy atom. The van der Waals surface area contributed by atoms with Crippen LogP contribution in [0.3, 0.4) is 0 Å². The van der Waals surface area contributed by atoms with Gasteiger partial charge < -0.3 is 9.80 Å². The Balaban J connectivity index is 1.64. The number of hydrogen-bond acceptors (Lipinski definition) is 2. The van der Waals surface area contributed by atoms with Crippen LogP contribution in [-0.2, 0) is 4.79 Å². The van der Waals surface area contributed by atoms with Gasteiger partial charge in [0.25, 0.3) is 5.91 Å². The zero-order chi connectivity index (χ0) is 14.8. The molecule has 0 atom stereocenters. The molecule has 2 aliphatic rings. The molecule has 112 valence electrons. The zero-order valence-corrected chi connectivity index (χ0v) is 12.5. The lowest BCUT2D eigenvalue weighted by Crippen LogP contribution is -2.36. The molecule has 0 N–H and O–H groups in total. The monoisotopic (exact) mass is 286 g/mol. The van der Waals surface area contributed by atoms with E-state index in [0.29, 0.717) is 37.5 Å². The number of rotatable bonds is 3. The fraction of sp³-hybridized carbons (Fsp3) is 0.529. The van der Waals surface area contributed by atoms with E-state index in [9.17, 15) is 9.59 Å². The van der Waals surface area contributed by atoms with Gasteiger partial charge in [-0.25, -0.2) is 0 Å². The SMILES string of the molecule is Cc1ccc(C(=O)N2CCC(=O)N(CC3CC3)CC2)cc1. The summed E-state index contributed by atoms with van der Waals surface area (Å²) in [5.74, 6) is 0.936. The first-order valence-electron chi connectivity index (χ1n) is 7.77. The maximum absolute atomic E-state index is 12.5. The number of nitrogens with zero attached hydrogens (tertiary/aromatic N) is 2. The third-order valence-electron chi connectivity index (χ3n) is 4.35. The van der Waals surface area contributed by atoms with E-state index in [1.165, 1.54) is 12.8 Å².